The van der Waals surface area contributed by atoms with E-state index < -0.39 is 0 Å². The summed E-state index contributed by atoms with van der Waals surface area (Å²) in [5.41, 5.74) is 1.46. The van der Waals surface area contributed by atoms with Gasteiger partial charge in [-0.3, -0.25) is 0 Å². The molecular formula is C12H17F. The summed E-state index contributed by atoms with van der Waals surface area (Å²) < 4.78 is 13.0. The lowest BCUT2D eigenvalue weighted by Gasteiger charge is -2.03. The Morgan fingerprint density at radius 3 is 1.77 bits per heavy atom. The molecule has 0 unspecified atom stereocenters. The van der Waals surface area contributed by atoms with Crippen molar-refractivity contribution in [2.45, 2.75) is 13.8 Å². The molecule has 0 aromatic carbocycles. The summed E-state index contributed by atoms with van der Waals surface area (Å²) in [5.74, 6) is -0.296. The highest BCUT2D eigenvalue weighted by atomic mass is 19.1. The Labute approximate surface area is 80.5 Å². The number of halogens is 1. The molecule has 0 saturated heterocycles. The molecule has 0 bridgehead atoms. The fourth-order valence-electron chi connectivity index (χ4n) is 0.566. The van der Waals surface area contributed by atoms with E-state index in [4.69, 9.17) is 0 Å². The standard InChI is InChI=1S/C10H13F.C2H4/c1-6-8(4)9(5)10(11)7(2)3;1-2/h6H,1,4-5H2,2-3H3;1-2H2. The van der Waals surface area contributed by atoms with Crippen LogP contribution in [0.25, 0.3) is 0 Å². The maximum atomic E-state index is 13.0. The predicted molar refractivity (Wildman–Crippen MR) is 59.2 cm³/mol. The number of allylic oxidation sites excluding steroid dienone is 5. The number of hydrogen-bond donors (Lipinski definition) is 0. The van der Waals surface area contributed by atoms with Gasteiger partial charge in [-0.25, -0.2) is 4.39 Å². The Morgan fingerprint density at radius 1 is 1.15 bits per heavy atom. The van der Waals surface area contributed by atoms with E-state index in [1.54, 1.807) is 13.8 Å². The predicted octanol–water partition coefficient (Wildman–Crippen LogP) is 4.35. The lowest BCUT2D eigenvalue weighted by atomic mass is 10.1. The van der Waals surface area contributed by atoms with Crippen LogP contribution < -0.4 is 0 Å². The third kappa shape index (κ3) is 4.96. The van der Waals surface area contributed by atoms with Crippen molar-refractivity contribution in [3.05, 3.63) is 61.5 Å². The molecule has 0 spiro atoms. The summed E-state index contributed by atoms with van der Waals surface area (Å²) in [7, 11) is 0. The van der Waals surface area contributed by atoms with Crippen LogP contribution in [0.3, 0.4) is 0 Å². The Balaban J connectivity index is 0. The van der Waals surface area contributed by atoms with Gasteiger partial charge in [0.1, 0.15) is 5.83 Å². The van der Waals surface area contributed by atoms with E-state index in [1.165, 1.54) is 6.08 Å². The fourth-order valence-corrected chi connectivity index (χ4v) is 0.566. The van der Waals surface area contributed by atoms with Crippen LogP contribution in [0.2, 0.25) is 0 Å². The molecule has 13 heavy (non-hydrogen) atoms. The van der Waals surface area contributed by atoms with Gasteiger partial charge in [0.25, 0.3) is 0 Å². The Kier molecular flexibility index (Phi) is 7.94. The summed E-state index contributed by atoms with van der Waals surface area (Å²) in [6.07, 6.45) is 1.49. The van der Waals surface area contributed by atoms with Crippen molar-refractivity contribution < 1.29 is 4.39 Å². The van der Waals surface area contributed by atoms with Crippen molar-refractivity contribution in [2.75, 3.05) is 0 Å². The van der Waals surface area contributed by atoms with Crippen LogP contribution in [0.1, 0.15) is 13.8 Å². The normalized spacial score (nSPS) is 7.62. The highest BCUT2D eigenvalue weighted by Gasteiger charge is 2.03. The third-order valence-electron chi connectivity index (χ3n) is 1.34. The number of rotatable bonds is 3. The fraction of sp³-hybridized carbons (Fsp3) is 0.167. The smallest absolute Gasteiger partial charge is 0.129 e. The Bertz CT molecular complexity index is 240. The van der Waals surface area contributed by atoms with Crippen LogP contribution in [0.15, 0.2) is 61.5 Å². The second-order valence-corrected chi connectivity index (χ2v) is 2.52. The van der Waals surface area contributed by atoms with Gasteiger partial charge in [0.15, 0.2) is 0 Å². The van der Waals surface area contributed by atoms with Gasteiger partial charge >= 0.3 is 0 Å². The molecule has 0 radical (unpaired) electrons. The average Bonchev–Trinajstić information content (AvgIpc) is 2.17. The van der Waals surface area contributed by atoms with Crippen molar-refractivity contribution in [3.8, 4) is 0 Å². The minimum atomic E-state index is -0.296. The molecule has 0 aliphatic heterocycles. The molecule has 1 heteroatoms. The highest BCUT2D eigenvalue weighted by Crippen LogP contribution is 2.20. The molecular weight excluding hydrogens is 163 g/mol. The van der Waals surface area contributed by atoms with Gasteiger partial charge in [0, 0.05) is 5.57 Å². The summed E-state index contributed by atoms with van der Waals surface area (Å²) in [6, 6.07) is 0. The summed E-state index contributed by atoms with van der Waals surface area (Å²) >= 11 is 0. The molecule has 0 aliphatic rings. The van der Waals surface area contributed by atoms with Crippen molar-refractivity contribution in [2.24, 2.45) is 0 Å². The second-order valence-electron chi connectivity index (χ2n) is 2.52. The molecule has 0 rings (SSSR count). The average molecular weight is 180 g/mol. The molecule has 0 saturated carbocycles. The van der Waals surface area contributed by atoms with Crippen LogP contribution >= 0.6 is 0 Å². The van der Waals surface area contributed by atoms with Gasteiger partial charge in [0.05, 0.1) is 0 Å². The maximum Gasteiger partial charge on any atom is 0.129 e. The van der Waals surface area contributed by atoms with Crippen molar-refractivity contribution in [3.63, 3.8) is 0 Å². The Hall–Kier alpha value is -1.37. The third-order valence-corrected chi connectivity index (χ3v) is 1.34. The van der Waals surface area contributed by atoms with Crippen molar-refractivity contribution >= 4 is 0 Å². The van der Waals surface area contributed by atoms with Crippen LogP contribution in [0.4, 0.5) is 4.39 Å². The lowest BCUT2D eigenvalue weighted by Crippen LogP contribution is -1.86. The number of hydrogen-bond acceptors (Lipinski definition) is 0. The lowest BCUT2D eigenvalue weighted by molar-refractivity contribution is 0.643. The molecule has 0 aromatic rings. The van der Waals surface area contributed by atoms with E-state index in [1.807, 2.05) is 0 Å². The van der Waals surface area contributed by atoms with Gasteiger partial charge in [0.2, 0.25) is 0 Å². The first-order valence-corrected chi connectivity index (χ1v) is 3.84. The van der Waals surface area contributed by atoms with Gasteiger partial charge < -0.3 is 0 Å². The zero-order valence-electron chi connectivity index (χ0n) is 8.49. The molecule has 0 N–H and O–H groups in total. The minimum absolute atomic E-state index is 0.296. The van der Waals surface area contributed by atoms with E-state index in [2.05, 4.69) is 32.9 Å². The van der Waals surface area contributed by atoms with Gasteiger partial charge in [-0.05, 0) is 25.0 Å². The van der Waals surface area contributed by atoms with E-state index in [9.17, 15) is 4.39 Å². The van der Waals surface area contributed by atoms with Crippen LogP contribution in [0, 0.1) is 0 Å². The molecule has 0 aliphatic carbocycles. The molecule has 0 atom stereocenters. The van der Waals surface area contributed by atoms with Crippen LogP contribution in [-0.4, -0.2) is 0 Å². The van der Waals surface area contributed by atoms with Crippen molar-refractivity contribution in [1.29, 1.82) is 0 Å². The monoisotopic (exact) mass is 180 g/mol. The zero-order valence-corrected chi connectivity index (χ0v) is 8.49. The minimum Gasteiger partial charge on any atom is -0.206 e. The van der Waals surface area contributed by atoms with Crippen LogP contribution in [0.5, 0.6) is 0 Å². The van der Waals surface area contributed by atoms with E-state index in [0.29, 0.717) is 16.7 Å². The molecule has 0 nitrogen and oxygen atoms in total. The van der Waals surface area contributed by atoms with Gasteiger partial charge in [-0.2, -0.15) is 0 Å². The first kappa shape index (κ1) is 14.2. The van der Waals surface area contributed by atoms with Gasteiger partial charge in [-0.15, -0.1) is 13.2 Å². The molecule has 0 aromatic heterocycles. The summed E-state index contributed by atoms with van der Waals surface area (Å²) in [4.78, 5) is 0. The van der Waals surface area contributed by atoms with E-state index in [0.717, 1.165) is 0 Å². The molecule has 0 fully saturated rings. The van der Waals surface area contributed by atoms with E-state index in [-0.39, 0.29) is 5.83 Å². The first-order chi connectivity index (χ1) is 6.00. The topological polar surface area (TPSA) is 0 Å². The molecule has 72 valence electrons. The summed E-state index contributed by atoms with van der Waals surface area (Å²) in [5, 5.41) is 0. The van der Waals surface area contributed by atoms with Crippen LogP contribution in [-0.2, 0) is 0 Å². The maximum absolute atomic E-state index is 13.0. The second kappa shape index (κ2) is 7.29. The Morgan fingerprint density at radius 2 is 1.54 bits per heavy atom. The molecule has 0 heterocycles. The molecule has 0 amide bonds. The van der Waals surface area contributed by atoms with Gasteiger partial charge in [-0.1, -0.05) is 25.8 Å². The largest absolute Gasteiger partial charge is 0.206 e. The zero-order chi connectivity index (χ0) is 11.0. The first-order valence-electron chi connectivity index (χ1n) is 3.84. The van der Waals surface area contributed by atoms with E-state index >= 15 is 0 Å². The SMILES string of the molecule is C=C.C=CC(=C)C(=C)C(F)=C(C)C. The van der Waals surface area contributed by atoms with Crippen molar-refractivity contribution in [1.82, 2.24) is 0 Å². The highest BCUT2D eigenvalue weighted by molar-refractivity contribution is 5.46. The quantitative estimate of drug-likeness (QED) is 0.447. The summed E-state index contributed by atoms with van der Waals surface area (Å²) in [6.45, 7) is 20.0.